The van der Waals surface area contributed by atoms with Gasteiger partial charge in [0, 0.05) is 24.6 Å². The number of hydrogen-bond acceptors (Lipinski definition) is 1. The van der Waals surface area contributed by atoms with E-state index in [9.17, 15) is 13.6 Å². The van der Waals surface area contributed by atoms with Crippen LogP contribution in [0.2, 0.25) is 0 Å². The van der Waals surface area contributed by atoms with Crippen LogP contribution in [0.5, 0.6) is 0 Å². The molecule has 126 valence electrons. The Morgan fingerprint density at radius 1 is 1.12 bits per heavy atom. The van der Waals surface area contributed by atoms with Crippen molar-refractivity contribution in [3.05, 3.63) is 71.3 Å². The van der Waals surface area contributed by atoms with Gasteiger partial charge in [-0.15, -0.1) is 0 Å². The van der Waals surface area contributed by atoms with E-state index in [0.717, 1.165) is 18.4 Å². The van der Waals surface area contributed by atoms with E-state index in [1.807, 2.05) is 6.92 Å². The van der Waals surface area contributed by atoms with Crippen molar-refractivity contribution >= 4 is 5.91 Å². The highest BCUT2D eigenvalue weighted by Gasteiger charge is 2.33. The van der Waals surface area contributed by atoms with Gasteiger partial charge < -0.3 is 4.90 Å². The Labute approximate surface area is 141 Å². The van der Waals surface area contributed by atoms with Gasteiger partial charge in [0.25, 0.3) is 0 Å². The number of hydrogen-bond donors (Lipinski definition) is 0. The third-order valence-electron chi connectivity index (χ3n) is 4.53. The van der Waals surface area contributed by atoms with Crippen LogP contribution in [0, 0.1) is 11.6 Å². The number of halogens is 2. The summed E-state index contributed by atoms with van der Waals surface area (Å²) in [6.45, 7) is 2.27. The minimum absolute atomic E-state index is 0.0000275. The molecule has 0 N–H and O–H groups in total. The maximum Gasteiger partial charge on any atom is 0.223 e. The van der Waals surface area contributed by atoms with Crippen LogP contribution >= 0.6 is 0 Å². The molecule has 2 nitrogen and oxygen atoms in total. The molecule has 1 atom stereocenters. The summed E-state index contributed by atoms with van der Waals surface area (Å²) in [5.41, 5.74) is 1.48. The van der Waals surface area contributed by atoms with Crippen LogP contribution in [0.3, 0.4) is 0 Å². The highest BCUT2D eigenvalue weighted by Crippen LogP contribution is 2.31. The van der Waals surface area contributed by atoms with E-state index < -0.39 is 0 Å². The molecule has 2 aromatic carbocycles. The molecule has 3 rings (SSSR count). The average molecular weight is 329 g/mol. The summed E-state index contributed by atoms with van der Waals surface area (Å²) in [5.74, 6) is -0.531. The predicted molar refractivity (Wildman–Crippen MR) is 89.4 cm³/mol. The normalized spacial score (nSPS) is 15.1. The molecule has 0 spiro atoms. The van der Waals surface area contributed by atoms with Crippen molar-refractivity contribution in [3.63, 3.8) is 0 Å². The number of carbonyl (C=O) groups is 1. The molecule has 0 radical (unpaired) electrons. The monoisotopic (exact) mass is 329 g/mol. The zero-order valence-electron chi connectivity index (χ0n) is 13.7. The first-order valence-electron chi connectivity index (χ1n) is 8.33. The van der Waals surface area contributed by atoms with Crippen LogP contribution in [-0.4, -0.2) is 16.8 Å². The SMILES string of the molecule is CC(CC(=O)N(Cc1ccccc1F)C1CC1)c1ccc(F)cc1. The fourth-order valence-corrected chi connectivity index (χ4v) is 2.91. The van der Waals surface area contributed by atoms with Crippen LogP contribution < -0.4 is 0 Å². The molecule has 1 amide bonds. The van der Waals surface area contributed by atoms with Crippen molar-refractivity contribution in [1.82, 2.24) is 4.90 Å². The van der Waals surface area contributed by atoms with E-state index in [1.165, 1.54) is 18.2 Å². The smallest absolute Gasteiger partial charge is 0.223 e. The maximum absolute atomic E-state index is 13.9. The minimum Gasteiger partial charge on any atom is -0.335 e. The maximum atomic E-state index is 13.9. The number of benzene rings is 2. The molecule has 4 heteroatoms. The largest absolute Gasteiger partial charge is 0.335 e. The number of amides is 1. The Morgan fingerprint density at radius 2 is 1.79 bits per heavy atom. The van der Waals surface area contributed by atoms with Crippen molar-refractivity contribution < 1.29 is 13.6 Å². The van der Waals surface area contributed by atoms with Gasteiger partial charge in [-0.1, -0.05) is 37.3 Å². The lowest BCUT2D eigenvalue weighted by atomic mass is 9.97. The van der Waals surface area contributed by atoms with E-state index in [0.29, 0.717) is 18.5 Å². The summed E-state index contributed by atoms with van der Waals surface area (Å²) in [6.07, 6.45) is 2.30. The highest BCUT2D eigenvalue weighted by molar-refractivity contribution is 5.77. The molecule has 1 aliphatic rings. The fourth-order valence-electron chi connectivity index (χ4n) is 2.91. The molecule has 0 aliphatic heterocycles. The van der Waals surface area contributed by atoms with Crippen molar-refractivity contribution in [1.29, 1.82) is 0 Å². The molecule has 1 unspecified atom stereocenters. The first kappa shape index (κ1) is 16.6. The number of carbonyl (C=O) groups excluding carboxylic acids is 1. The van der Waals surface area contributed by atoms with Crippen LogP contribution in [0.4, 0.5) is 8.78 Å². The van der Waals surface area contributed by atoms with Gasteiger partial charge in [-0.3, -0.25) is 4.79 Å². The molecule has 0 bridgehead atoms. The summed E-state index contributed by atoms with van der Waals surface area (Å²) < 4.78 is 26.9. The quantitative estimate of drug-likeness (QED) is 0.755. The van der Waals surface area contributed by atoms with Gasteiger partial charge in [-0.05, 0) is 42.5 Å². The minimum atomic E-state index is -0.281. The van der Waals surface area contributed by atoms with Crippen molar-refractivity contribution in [3.8, 4) is 0 Å². The summed E-state index contributed by atoms with van der Waals surface area (Å²) in [7, 11) is 0. The second-order valence-electron chi connectivity index (χ2n) is 6.50. The van der Waals surface area contributed by atoms with E-state index in [4.69, 9.17) is 0 Å². The molecule has 2 aromatic rings. The zero-order valence-corrected chi connectivity index (χ0v) is 13.7. The topological polar surface area (TPSA) is 20.3 Å². The number of rotatable bonds is 6. The van der Waals surface area contributed by atoms with E-state index in [1.54, 1.807) is 35.2 Å². The summed E-state index contributed by atoms with van der Waals surface area (Å²) in [4.78, 5) is 14.5. The van der Waals surface area contributed by atoms with Crippen molar-refractivity contribution in [2.45, 2.75) is 44.7 Å². The van der Waals surface area contributed by atoms with Gasteiger partial charge in [-0.25, -0.2) is 8.78 Å². The van der Waals surface area contributed by atoms with Gasteiger partial charge in [0.15, 0.2) is 0 Å². The molecular formula is C20H21F2NO. The van der Waals surface area contributed by atoms with Crippen LogP contribution in [0.15, 0.2) is 48.5 Å². The molecule has 1 fully saturated rings. The first-order valence-corrected chi connectivity index (χ1v) is 8.33. The third kappa shape index (κ3) is 3.99. The molecule has 0 saturated heterocycles. The Hall–Kier alpha value is -2.23. The molecule has 1 saturated carbocycles. The summed E-state index contributed by atoms with van der Waals surface area (Å²) >= 11 is 0. The van der Waals surface area contributed by atoms with E-state index in [2.05, 4.69) is 0 Å². The number of nitrogens with zero attached hydrogens (tertiary/aromatic N) is 1. The molecule has 1 aliphatic carbocycles. The summed E-state index contributed by atoms with van der Waals surface area (Å²) in [5, 5.41) is 0. The molecule has 24 heavy (non-hydrogen) atoms. The van der Waals surface area contributed by atoms with Crippen LogP contribution in [0.25, 0.3) is 0 Å². The lowest BCUT2D eigenvalue weighted by Gasteiger charge is -2.24. The first-order chi connectivity index (χ1) is 11.5. The predicted octanol–water partition coefficient (Wildman–Crippen LogP) is 4.65. The van der Waals surface area contributed by atoms with E-state index >= 15 is 0 Å². The van der Waals surface area contributed by atoms with Gasteiger partial charge in [-0.2, -0.15) is 0 Å². The van der Waals surface area contributed by atoms with Crippen molar-refractivity contribution in [2.24, 2.45) is 0 Å². The second kappa shape index (κ2) is 7.12. The Bertz CT molecular complexity index is 710. The Morgan fingerprint density at radius 3 is 2.42 bits per heavy atom. The lowest BCUT2D eigenvalue weighted by Crippen LogP contribution is -2.33. The Kier molecular flexibility index (Phi) is 4.93. The van der Waals surface area contributed by atoms with Gasteiger partial charge >= 0.3 is 0 Å². The zero-order chi connectivity index (χ0) is 17.1. The fraction of sp³-hybridized carbons (Fsp3) is 0.350. The van der Waals surface area contributed by atoms with Gasteiger partial charge in [0.2, 0.25) is 5.91 Å². The molecule has 0 heterocycles. The average Bonchev–Trinajstić information content (AvgIpc) is 3.39. The van der Waals surface area contributed by atoms with Crippen LogP contribution in [0.1, 0.15) is 43.2 Å². The lowest BCUT2D eigenvalue weighted by molar-refractivity contribution is -0.132. The van der Waals surface area contributed by atoms with Gasteiger partial charge in [0.05, 0.1) is 0 Å². The Balaban J connectivity index is 1.68. The standard InChI is InChI=1S/C20H21F2NO/c1-14(15-6-8-17(21)9-7-15)12-20(24)23(18-10-11-18)13-16-4-2-3-5-19(16)22/h2-9,14,18H,10-13H2,1H3. The van der Waals surface area contributed by atoms with Crippen LogP contribution in [-0.2, 0) is 11.3 Å². The second-order valence-corrected chi connectivity index (χ2v) is 6.50. The van der Waals surface area contributed by atoms with Crippen molar-refractivity contribution in [2.75, 3.05) is 0 Å². The summed E-state index contributed by atoms with van der Waals surface area (Å²) in [6, 6.07) is 13.1. The molecular weight excluding hydrogens is 308 g/mol. The third-order valence-corrected chi connectivity index (χ3v) is 4.53. The molecule has 0 aromatic heterocycles. The highest BCUT2D eigenvalue weighted by atomic mass is 19.1. The van der Waals surface area contributed by atoms with E-state index in [-0.39, 0.29) is 29.5 Å². The van der Waals surface area contributed by atoms with Gasteiger partial charge in [0.1, 0.15) is 11.6 Å².